The summed E-state index contributed by atoms with van der Waals surface area (Å²) in [6.07, 6.45) is 0. The summed E-state index contributed by atoms with van der Waals surface area (Å²) in [7, 11) is 0. The van der Waals surface area contributed by atoms with Gasteiger partial charge in [-0.2, -0.15) is 15.0 Å². The van der Waals surface area contributed by atoms with E-state index in [4.69, 9.17) is 5.73 Å². The fourth-order valence-corrected chi connectivity index (χ4v) is 2.30. The molecule has 0 atom stereocenters. The lowest BCUT2D eigenvalue weighted by molar-refractivity contribution is 0.282. The minimum Gasteiger partial charge on any atom is -0.392 e. The Morgan fingerprint density at radius 2 is 1.88 bits per heavy atom. The van der Waals surface area contributed by atoms with Crippen molar-refractivity contribution in [3.8, 4) is 11.4 Å². The van der Waals surface area contributed by atoms with E-state index in [0.717, 1.165) is 5.56 Å². The second kappa shape index (κ2) is 7.01. The van der Waals surface area contributed by atoms with Gasteiger partial charge in [0.2, 0.25) is 11.9 Å². The summed E-state index contributed by atoms with van der Waals surface area (Å²) < 4.78 is 13.2. The van der Waals surface area contributed by atoms with E-state index < -0.39 is 0 Å². The van der Waals surface area contributed by atoms with Gasteiger partial charge < -0.3 is 16.2 Å². The van der Waals surface area contributed by atoms with Gasteiger partial charge >= 0.3 is 0 Å². The molecule has 0 aliphatic heterocycles. The van der Waals surface area contributed by atoms with Gasteiger partial charge in [0.15, 0.2) is 5.82 Å². The largest absolute Gasteiger partial charge is 0.392 e. The van der Waals surface area contributed by atoms with Crippen molar-refractivity contribution in [3.05, 3.63) is 65.5 Å². The number of aliphatic hydroxyl groups excluding tert-OH is 1. The van der Waals surface area contributed by atoms with Crippen molar-refractivity contribution >= 4 is 11.9 Å². The highest BCUT2D eigenvalue weighted by molar-refractivity contribution is 5.62. The molecule has 0 spiro atoms. The summed E-state index contributed by atoms with van der Waals surface area (Å²) in [6.45, 7) is 0.218. The lowest BCUT2D eigenvalue weighted by Crippen LogP contribution is -2.08. The normalized spacial score (nSPS) is 10.6. The third-order valence-corrected chi connectivity index (χ3v) is 3.42. The lowest BCUT2D eigenvalue weighted by atomic mass is 10.1. The first-order chi connectivity index (χ1) is 11.7. The molecule has 0 radical (unpaired) electrons. The fourth-order valence-electron chi connectivity index (χ4n) is 2.30. The van der Waals surface area contributed by atoms with E-state index in [-0.39, 0.29) is 24.3 Å². The molecule has 122 valence electrons. The highest BCUT2D eigenvalue weighted by atomic mass is 19.1. The Hall–Kier alpha value is -3.06. The number of nitrogens with one attached hydrogen (secondary N) is 1. The molecule has 0 saturated carbocycles. The molecule has 1 heterocycles. The lowest BCUT2D eigenvalue weighted by Gasteiger charge is -2.09. The van der Waals surface area contributed by atoms with E-state index in [0.29, 0.717) is 23.5 Å². The van der Waals surface area contributed by atoms with Gasteiger partial charge in [0.1, 0.15) is 5.82 Å². The van der Waals surface area contributed by atoms with Crippen molar-refractivity contribution in [1.29, 1.82) is 0 Å². The molecule has 6 nitrogen and oxygen atoms in total. The number of hydrogen-bond acceptors (Lipinski definition) is 6. The van der Waals surface area contributed by atoms with Crippen LogP contribution in [0.1, 0.15) is 11.1 Å². The third kappa shape index (κ3) is 3.64. The number of halogens is 1. The van der Waals surface area contributed by atoms with Crippen molar-refractivity contribution in [2.45, 2.75) is 13.2 Å². The van der Waals surface area contributed by atoms with Crippen LogP contribution in [0.15, 0.2) is 48.5 Å². The van der Waals surface area contributed by atoms with E-state index >= 15 is 0 Å². The van der Waals surface area contributed by atoms with Crippen LogP contribution < -0.4 is 11.1 Å². The van der Waals surface area contributed by atoms with E-state index in [1.54, 1.807) is 24.3 Å². The van der Waals surface area contributed by atoms with E-state index in [9.17, 15) is 9.50 Å². The number of aliphatic hydroxyl groups is 1. The number of benzene rings is 2. The van der Waals surface area contributed by atoms with Gasteiger partial charge in [0, 0.05) is 12.1 Å². The Morgan fingerprint density at radius 3 is 2.67 bits per heavy atom. The predicted molar refractivity (Wildman–Crippen MR) is 89.3 cm³/mol. The van der Waals surface area contributed by atoms with Gasteiger partial charge in [0.25, 0.3) is 0 Å². The number of nitrogens with zero attached hydrogens (tertiary/aromatic N) is 3. The van der Waals surface area contributed by atoms with Gasteiger partial charge in [-0.05, 0) is 23.3 Å². The Bertz CT molecular complexity index is 856. The van der Waals surface area contributed by atoms with Crippen LogP contribution in [0, 0.1) is 5.82 Å². The van der Waals surface area contributed by atoms with Crippen molar-refractivity contribution in [2.75, 3.05) is 11.1 Å². The van der Waals surface area contributed by atoms with Gasteiger partial charge in [-0.1, -0.05) is 36.4 Å². The van der Waals surface area contributed by atoms with Crippen molar-refractivity contribution in [3.63, 3.8) is 0 Å². The molecule has 0 fully saturated rings. The molecule has 2 aromatic carbocycles. The Kier molecular flexibility index (Phi) is 4.62. The van der Waals surface area contributed by atoms with Crippen molar-refractivity contribution < 1.29 is 9.50 Å². The maximum Gasteiger partial charge on any atom is 0.228 e. The van der Waals surface area contributed by atoms with E-state index in [2.05, 4.69) is 20.3 Å². The number of nitrogens with two attached hydrogens (primary N) is 1. The Morgan fingerprint density at radius 1 is 1.04 bits per heavy atom. The second-order valence-corrected chi connectivity index (χ2v) is 5.14. The topological polar surface area (TPSA) is 97.0 Å². The quantitative estimate of drug-likeness (QED) is 0.666. The maximum atomic E-state index is 13.2. The Labute approximate surface area is 138 Å². The van der Waals surface area contributed by atoms with Crippen LogP contribution in [-0.4, -0.2) is 20.1 Å². The van der Waals surface area contributed by atoms with Crippen molar-refractivity contribution in [2.24, 2.45) is 0 Å². The molecule has 24 heavy (non-hydrogen) atoms. The van der Waals surface area contributed by atoms with E-state index in [1.165, 1.54) is 12.1 Å². The molecule has 0 unspecified atom stereocenters. The highest BCUT2D eigenvalue weighted by Gasteiger charge is 2.10. The first kappa shape index (κ1) is 15.8. The first-order valence-corrected chi connectivity index (χ1v) is 7.34. The third-order valence-electron chi connectivity index (χ3n) is 3.42. The monoisotopic (exact) mass is 325 g/mol. The van der Waals surface area contributed by atoms with Crippen LogP contribution in [0.25, 0.3) is 11.4 Å². The van der Waals surface area contributed by atoms with Gasteiger partial charge in [-0.3, -0.25) is 0 Å². The zero-order valence-electron chi connectivity index (χ0n) is 12.8. The molecule has 0 amide bonds. The summed E-state index contributed by atoms with van der Waals surface area (Å²) in [4.78, 5) is 12.5. The summed E-state index contributed by atoms with van der Waals surface area (Å²) in [5.41, 5.74) is 7.89. The molecule has 0 aliphatic carbocycles. The molecule has 0 bridgehead atoms. The van der Waals surface area contributed by atoms with Gasteiger partial charge in [0.05, 0.1) is 6.61 Å². The highest BCUT2D eigenvalue weighted by Crippen LogP contribution is 2.21. The molecule has 4 N–H and O–H groups in total. The summed E-state index contributed by atoms with van der Waals surface area (Å²) in [5.74, 6) is 0.417. The van der Waals surface area contributed by atoms with Gasteiger partial charge in [-0.25, -0.2) is 4.39 Å². The molecule has 3 rings (SSSR count). The number of hydrogen-bond donors (Lipinski definition) is 3. The Balaban J connectivity index is 1.86. The zero-order valence-corrected chi connectivity index (χ0v) is 12.8. The SMILES string of the molecule is Nc1nc(NCc2cccc(F)c2)nc(-c2ccccc2CO)n1. The second-order valence-electron chi connectivity index (χ2n) is 5.14. The van der Waals surface area contributed by atoms with Crippen LogP contribution in [0.4, 0.5) is 16.3 Å². The number of aromatic nitrogens is 3. The molecule has 3 aromatic rings. The van der Waals surface area contributed by atoms with Crippen LogP contribution in [0.5, 0.6) is 0 Å². The van der Waals surface area contributed by atoms with Crippen LogP contribution in [-0.2, 0) is 13.2 Å². The summed E-state index contributed by atoms with van der Waals surface area (Å²) in [5, 5.41) is 12.4. The predicted octanol–water partition coefficient (Wildman–Crippen LogP) is 2.36. The number of anilines is 2. The standard InChI is InChI=1S/C17H16FN5O/c18-13-6-3-4-11(8-13)9-20-17-22-15(21-16(19)23-17)14-7-2-1-5-12(14)10-24/h1-8,24H,9-10H2,(H3,19,20,21,22,23). The van der Waals surface area contributed by atoms with Crippen LogP contribution in [0.3, 0.4) is 0 Å². The molecular formula is C17H16FN5O. The van der Waals surface area contributed by atoms with Crippen LogP contribution >= 0.6 is 0 Å². The average Bonchev–Trinajstić information content (AvgIpc) is 2.59. The minimum atomic E-state index is -0.304. The number of rotatable bonds is 5. The summed E-state index contributed by atoms with van der Waals surface area (Å²) >= 11 is 0. The molecule has 1 aromatic heterocycles. The molecule has 0 saturated heterocycles. The van der Waals surface area contributed by atoms with E-state index in [1.807, 2.05) is 12.1 Å². The number of nitrogen functional groups attached to an aromatic ring is 1. The fraction of sp³-hybridized carbons (Fsp3) is 0.118. The van der Waals surface area contributed by atoms with Crippen LogP contribution in [0.2, 0.25) is 0 Å². The van der Waals surface area contributed by atoms with Crippen molar-refractivity contribution in [1.82, 2.24) is 15.0 Å². The molecule has 7 heteroatoms. The summed E-state index contributed by atoms with van der Waals surface area (Å²) in [6, 6.07) is 13.5. The smallest absolute Gasteiger partial charge is 0.228 e. The minimum absolute atomic E-state index is 0.0643. The average molecular weight is 325 g/mol. The molecular weight excluding hydrogens is 309 g/mol. The zero-order chi connectivity index (χ0) is 16.9. The maximum absolute atomic E-state index is 13.2. The van der Waals surface area contributed by atoms with Gasteiger partial charge in [-0.15, -0.1) is 0 Å². The first-order valence-electron chi connectivity index (χ1n) is 7.34. The molecule has 0 aliphatic rings.